The molecule has 0 amide bonds. The summed E-state index contributed by atoms with van der Waals surface area (Å²) in [5.74, 6) is 0. The first-order chi connectivity index (χ1) is 15.5. The monoisotopic (exact) mass is 446 g/mol. The van der Waals surface area contributed by atoms with Crippen LogP contribution in [0.3, 0.4) is 0 Å². The lowest BCUT2D eigenvalue weighted by Crippen LogP contribution is -2.24. The van der Waals surface area contributed by atoms with E-state index in [1.54, 1.807) is 10.8 Å². The van der Waals surface area contributed by atoms with Crippen LogP contribution < -0.4 is 0 Å². The van der Waals surface area contributed by atoms with Gasteiger partial charge in [-0.15, -0.1) is 0 Å². The second-order valence-electron chi connectivity index (χ2n) is 10.2. The molecule has 0 saturated heterocycles. The van der Waals surface area contributed by atoms with E-state index in [0.717, 1.165) is 0 Å². The van der Waals surface area contributed by atoms with Gasteiger partial charge in [0.1, 0.15) is 0 Å². The zero-order valence-corrected chi connectivity index (χ0v) is 22.4. The molecule has 174 valence electrons. The van der Waals surface area contributed by atoms with Crippen LogP contribution in [-0.2, 0) is 0 Å². The van der Waals surface area contributed by atoms with Crippen LogP contribution in [0.25, 0.3) is 10.8 Å². The molecule has 32 heavy (non-hydrogen) atoms. The molecule has 0 radical (unpaired) electrons. The number of allylic oxidation sites excluding steroid dienone is 3. The van der Waals surface area contributed by atoms with Crippen LogP contribution in [0.4, 0.5) is 0 Å². The summed E-state index contributed by atoms with van der Waals surface area (Å²) < 4.78 is 0. The van der Waals surface area contributed by atoms with E-state index in [9.17, 15) is 0 Å². The molecule has 0 aliphatic rings. The largest absolute Gasteiger partial charge is 0.0787 e. The van der Waals surface area contributed by atoms with Gasteiger partial charge in [-0.2, -0.15) is 0 Å². The maximum atomic E-state index is 2.60. The van der Waals surface area contributed by atoms with Crippen molar-refractivity contribution in [2.24, 2.45) is 0 Å². The lowest BCUT2D eigenvalue weighted by Gasteiger charge is -2.26. The van der Waals surface area contributed by atoms with Crippen LogP contribution in [0.1, 0.15) is 89.2 Å². The highest BCUT2D eigenvalue weighted by Gasteiger charge is 2.24. The molecule has 0 fully saturated rings. The predicted octanol–water partition coefficient (Wildman–Crippen LogP) is 10.3. The molecule has 0 heterocycles. The Hall–Kier alpha value is -1.86. The Morgan fingerprint density at radius 1 is 0.625 bits per heavy atom. The number of rotatable bonds is 14. The van der Waals surface area contributed by atoms with Gasteiger partial charge < -0.3 is 0 Å². The zero-order chi connectivity index (χ0) is 23.2. The van der Waals surface area contributed by atoms with Crippen molar-refractivity contribution in [3.8, 4) is 0 Å². The third-order valence-electron chi connectivity index (χ3n) is 6.23. The highest BCUT2D eigenvalue weighted by Crippen LogP contribution is 2.35. The summed E-state index contributed by atoms with van der Waals surface area (Å²) in [5.41, 5.74) is 5.96. The minimum absolute atomic E-state index is 1.18. The molecule has 2 aromatic carbocycles. The maximum absolute atomic E-state index is 2.60. The third-order valence-corrected chi connectivity index (χ3v) is 8.34. The van der Waals surface area contributed by atoms with Gasteiger partial charge in [-0.3, -0.25) is 0 Å². The molecule has 0 unspecified atom stereocenters. The summed E-state index contributed by atoms with van der Waals surface area (Å²) >= 11 is 0. The second-order valence-corrected chi connectivity index (χ2v) is 15.2. The van der Waals surface area contributed by atoms with Crippen LogP contribution in [-0.4, -0.2) is 8.07 Å². The average Bonchev–Trinajstić information content (AvgIpc) is 2.79. The normalized spacial score (nSPS) is 13.2. The molecule has 0 saturated carbocycles. The van der Waals surface area contributed by atoms with Gasteiger partial charge in [0.05, 0.1) is 8.07 Å². The fraction of sp³-hybridized carbons (Fsp3) is 0.484. The van der Waals surface area contributed by atoms with Crippen LogP contribution in [0.5, 0.6) is 0 Å². The Bertz CT molecular complexity index is 822. The Morgan fingerprint density at radius 3 is 1.62 bits per heavy atom. The lowest BCUT2D eigenvalue weighted by molar-refractivity contribution is 0.668. The standard InChI is InChI=1S/C31H46Si/c1-6-8-10-14-24-29(27-20-16-12-17-21-27)26-30(25-15-11-9-7-2)31(32(3,4)5)28-22-18-13-19-23-28/h12-13,16-23,26H,6-11,14-15,24-25H2,1-5H3. The van der Waals surface area contributed by atoms with Gasteiger partial charge in [-0.1, -0.05) is 139 Å². The highest BCUT2D eigenvalue weighted by molar-refractivity contribution is 6.93. The second kappa shape index (κ2) is 14.3. The highest BCUT2D eigenvalue weighted by atomic mass is 28.3. The summed E-state index contributed by atoms with van der Waals surface area (Å²) in [6.07, 6.45) is 15.5. The fourth-order valence-corrected chi connectivity index (χ4v) is 6.81. The molecule has 0 aliphatic heterocycles. The van der Waals surface area contributed by atoms with Crippen molar-refractivity contribution >= 4 is 18.8 Å². The number of unbranched alkanes of at least 4 members (excludes halogenated alkanes) is 6. The Morgan fingerprint density at radius 2 is 1.12 bits per heavy atom. The number of hydrogen-bond acceptors (Lipinski definition) is 0. The molecular weight excluding hydrogens is 400 g/mol. The van der Waals surface area contributed by atoms with E-state index in [1.807, 2.05) is 0 Å². The van der Waals surface area contributed by atoms with Gasteiger partial charge in [-0.05, 0) is 53.2 Å². The van der Waals surface area contributed by atoms with Crippen LogP contribution in [0, 0.1) is 0 Å². The van der Waals surface area contributed by atoms with Crippen LogP contribution >= 0.6 is 0 Å². The molecule has 0 atom stereocenters. The minimum atomic E-state index is -1.54. The summed E-state index contributed by atoms with van der Waals surface area (Å²) in [4.78, 5) is 0. The number of benzene rings is 2. The molecule has 2 rings (SSSR count). The molecule has 0 spiro atoms. The van der Waals surface area contributed by atoms with Gasteiger partial charge in [0.2, 0.25) is 0 Å². The van der Waals surface area contributed by atoms with Crippen molar-refractivity contribution in [1.82, 2.24) is 0 Å². The molecule has 2 aromatic rings. The van der Waals surface area contributed by atoms with Gasteiger partial charge in [0.15, 0.2) is 0 Å². The van der Waals surface area contributed by atoms with E-state index in [2.05, 4.69) is 100 Å². The van der Waals surface area contributed by atoms with Crippen LogP contribution in [0.15, 0.2) is 72.3 Å². The van der Waals surface area contributed by atoms with Crippen molar-refractivity contribution in [3.63, 3.8) is 0 Å². The lowest BCUT2D eigenvalue weighted by atomic mass is 9.94. The van der Waals surface area contributed by atoms with Gasteiger partial charge in [-0.25, -0.2) is 0 Å². The molecule has 0 aliphatic carbocycles. The van der Waals surface area contributed by atoms with Gasteiger partial charge in [0, 0.05) is 0 Å². The van der Waals surface area contributed by atoms with E-state index in [0.29, 0.717) is 0 Å². The first-order valence-electron chi connectivity index (χ1n) is 13.0. The van der Waals surface area contributed by atoms with Crippen LogP contribution in [0.2, 0.25) is 19.6 Å². The van der Waals surface area contributed by atoms with E-state index in [4.69, 9.17) is 0 Å². The molecule has 0 bridgehead atoms. The minimum Gasteiger partial charge on any atom is -0.0656 e. The fourth-order valence-electron chi connectivity index (χ4n) is 4.62. The van der Waals surface area contributed by atoms with Crippen molar-refractivity contribution in [2.45, 2.75) is 97.7 Å². The van der Waals surface area contributed by atoms with Crippen molar-refractivity contribution < 1.29 is 0 Å². The molecular formula is C31H46Si. The van der Waals surface area contributed by atoms with E-state index >= 15 is 0 Å². The van der Waals surface area contributed by atoms with E-state index in [1.165, 1.54) is 80.9 Å². The smallest absolute Gasteiger partial charge is 0.0656 e. The predicted molar refractivity (Wildman–Crippen MR) is 149 cm³/mol. The SMILES string of the molecule is CCCCCCC(=CC(CCCCCC)=C(c1ccccc1)[Si](C)(C)C)c1ccccc1. The van der Waals surface area contributed by atoms with Gasteiger partial charge >= 0.3 is 0 Å². The van der Waals surface area contributed by atoms with Crippen molar-refractivity contribution in [2.75, 3.05) is 0 Å². The summed E-state index contributed by atoms with van der Waals surface area (Å²) in [7, 11) is -1.54. The summed E-state index contributed by atoms with van der Waals surface area (Å²) in [6, 6.07) is 22.3. The van der Waals surface area contributed by atoms with E-state index in [-0.39, 0.29) is 0 Å². The molecule has 0 aromatic heterocycles. The zero-order valence-electron chi connectivity index (χ0n) is 21.4. The van der Waals surface area contributed by atoms with Gasteiger partial charge in [0.25, 0.3) is 0 Å². The molecule has 1 heteroatoms. The quantitative estimate of drug-likeness (QED) is 0.154. The topological polar surface area (TPSA) is 0 Å². The van der Waals surface area contributed by atoms with E-state index < -0.39 is 8.07 Å². The third kappa shape index (κ3) is 8.94. The Balaban J connectivity index is 2.55. The summed E-state index contributed by atoms with van der Waals surface area (Å²) in [6.45, 7) is 12.1. The molecule has 0 nitrogen and oxygen atoms in total. The first kappa shape index (κ1) is 26.4. The van der Waals surface area contributed by atoms with Crippen molar-refractivity contribution in [3.05, 3.63) is 83.4 Å². The first-order valence-corrected chi connectivity index (χ1v) is 16.5. The Kier molecular flexibility index (Phi) is 11.8. The van der Waals surface area contributed by atoms with Crippen molar-refractivity contribution in [1.29, 1.82) is 0 Å². The Labute approximate surface area is 199 Å². The summed E-state index contributed by atoms with van der Waals surface area (Å²) in [5, 5.41) is 1.65. The average molecular weight is 447 g/mol. The number of hydrogen-bond donors (Lipinski definition) is 0. The maximum Gasteiger partial charge on any atom is 0.0787 e. The molecule has 0 N–H and O–H groups in total.